The SMILES string of the molecule is Cc1cccc(N2C(=O)[C@H]3[C@H](C2=O)N2CCCN2[C@H]3c2ccc(Cl)cc2)c1. The van der Waals surface area contributed by atoms with Crippen LogP contribution in [0.2, 0.25) is 5.02 Å². The third kappa shape index (κ3) is 2.46. The van der Waals surface area contributed by atoms with Gasteiger partial charge in [-0.15, -0.1) is 0 Å². The van der Waals surface area contributed by atoms with Crippen LogP contribution in [-0.2, 0) is 9.59 Å². The summed E-state index contributed by atoms with van der Waals surface area (Å²) in [4.78, 5) is 28.1. The lowest BCUT2D eigenvalue weighted by Crippen LogP contribution is -2.44. The number of imide groups is 1. The van der Waals surface area contributed by atoms with Crippen molar-refractivity contribution in [1.29, 1.82) is 0 Å². The molecule has 0 aliphatic carbocycles. The summed E-state index contributed by atoms with van der Waals surface area (Å²) in [6.45, 7) is 3.64. The van der Waals surface area contributed by atoms with E-state index in [9.17, 15) is 9.59 Å². The molecule has 3 aliphatic heterocycles. The summed E-state index contributed by atoms with van der Waals surface area (Å²) in [5.41, 5.74) is 2.73. The Morgan fingerprint density at radius 3 is 2.33 bits per heavy atom. The molecule has 0 aromatic heterocycles. The Kier molecular flexibility index (Phi) is 3.86. The maximum atomic E-state index is 13.4. The Hall–Kier alpha value is -2.21. The molecule has 2 aromatic rings. The molecule has 0 spiro atoms. The van der Waals surface area contributed by atoms with Gasteiger partial charge in [-0.2, -0.15) is 0 Å². The average Bonchev–Trinajstić information content (AvgIpc) is 3.28. The molecule has 3 aliphatic rings. The second-order valence-electron chi connectivity index (χ2n) is 7.50. The lowest BCUT2D eigenvalue weighted by Gasteiger charge is -2.29. The first kappa shape index (κ1) is 16.9. The molecule has 27 heavy (non-hydrogen) atoms. The van der Waals surface area contributed by atoms with Crippen molar-refractivity contribution < 1.29 is 9.59 Å². The standard InChI is InChI=1S/C21H20ClN3O2/c1-13-4-2-5-16(12-13)25-20(26)17-18(14-6-8-15(22)9-7-14)23-10-3-11-24(23)19(17)21(25)27/h2,4-9,12,17-19H,3,10-11H2,1H3/t17-,18+,19-/m1/s1. The predicted molar refractivity (Wildman–Crippen MR) is 103 cm³/mol. The fourth-order valence-corrected chi connectivity index (χ4v) is 4.92. The molecule has 0 radical (unpaired) electrons. The van der Waals surface area contributed by atoms with Crippen molar-refractivity contribution in [3.63, 3.8) is 0 Å². The summed E-state index contributed by atoms with van der Waals surface area (Å²) in [6.07, 6.45) is 0.999. The Morgan fingerprint density at radius 1 is 0.926 bits per heavy atom. The number of rotatable bonds is 2. The number of halogens is 1. The maximum Gasteiger partial charge on any atom is 0.253 e. The van der Waals surface area contributed by atoms with Gasteiger partial charge < -0.3 is 0 Å². The van der Waals surface area contributed by atoms with E-state index in [2.05, 4.69) is 10.0 Å². The summed E-state index contributed by atoms with van der Waals surface area (Å²) in [5, 5.41) is 4.99. The van der Waals surface area contributed by atoms with Crippen molar-refractivity contribution >= 4 is 29.1 Å². The minimum Gasteiger partial charge on any atom is -0.274 e. The van der Waals surface area contributed by atoms with E-state index < -0.39 is 6.04 Å². The molecule has 3 heterocycles. The number of amides is 2. The topological polar surface area (TPSA) is 43.9 Å². The number of hydrogen-bond acceptors (Lipinski definition) is 4. The van der Waals surface area contributed by atoms with Gasteiger partial charge in [-0.3, -0.25) is 9.59 Å². The van der Waals surface area contributed by atoms with Crippen molar-refractivity contribution in [2.75, 3.05) is 18.0 Å². The van der Waals surface area contributed by atoms with Crippen LogP contribution in [0.25, 0.3) is 0 Å². The first-order valence-corrected chi connectivity index (χ1v) is 9.67. The number of hydrogen-bond donors (Lipinski definition) is 0. The van der Waals surface area contributed by atoms with Gasteiger partial charge in [0.05, 0.1) is 17.6 Å². The van der Waals surface area contributed by atoms with Crippen LogP contribution >= 0.6 is 11.6 Å². The highest BCUT2D eigenvalue weighted by atomic mass is 35.5. The van der Waals surface area contributed by atoms with Gasteiger partial charge in [0.2, 0.25) is 5.91 Å². The lowest BCUT2D eigenvalue weighted by molar-refractivity contribution is -0.126. The smallest absolute Gasteiger partial charge is 0.253 e. The second-order valence-corrected chi connectivity index (χ2v) is 7.93. The minimum atomic E-state index is -0.416. The van der Waals surface area contributed by atoms with E-state index >= 15 is 0 Å². The molecular formula is C21H20ClN3O2. The fourth-order valence-electron chi connectivity index (χ4n) is 4.79. The van der Waals surface area contributed by atoms with Gasteiger partial charge in [-0.05, 0) is 48.7 Å². The van der Waals surface area contributed by atoms with Crippen molar-refractivity contribution in [2.24, 2.45) is 5.92 Å². The maximum absolute atomic E-state index is 13.4. The molecule has 0 bridgehead atoms. The number of anilines is 1. The van der Waals surface area contributed by atoms with Gasteiger partial charge in [0.1, 0.15) is 6.04 Å². The average molecular weight is 382 g/mol. The molecular weight excluding hydrogens is 362 g/mol. The monoisotopic (exact) mass is 381 g/mol. The summed E-state index contributed by atoms with van der Waals surface area (Å²) >= 11 is 6.06. The van der Waals surface area contributed by atoms with Gasteiger partial charge >= 0.3 is 0 Å². The minimum absolute atomic E-state index is 0.107. The Bertz CT molecular complexity index is 929. The molecule has 2 amide bonds. The number of nitrogens with zero attached hydrogens (tertiary/aromatic N) is 3. The highest BCUT2D eigenvalue weighted by Crippen LogP contribution is 2.49. The van der Waals surface area contributed by atoms with Crippen LogP contribution < -0.4 is 4.90 Å². The zero-order valence-corrected chi connectivity index (χ0v) is 15.8. The molecule has 3 atom stereocenters. The third-order valence-electron chi connectivity index (χ3n) is 5.88. The van der Waals surface area contributed by atoms with Crippen molar-refractivity contribution in [1.82, 2.24) is 10.0 Å². The van der Waals surface area contributed by atoms with Crippen LogP contribution in [0.3, 0.4) is 0 Å². The molecule has 5 nitrogen and oxygen atoms in total. The van der Waals surface area contributed by atoms with Crippen LogP contribution in [0.1, 0.15) is 23.6 Å². The molecule has 5 rings (SSSR count). The number of carbonyl (C=O) groups excluding carboxylic acids is 2. The largest absolute Gasteiger partial charge is 0.274 e. The van der Waals surface area contributed by atoms with E-state index in [1.54, 1.807) is 0 Å². The van der Waals surface area contributed by atoms with Gasteiger partial charge in [0.15, 0.2) is 0 Å². The molecule has 0 unspecified atom stereocenters. The Morgan fingerprint density at radius 2 is 1.63 bits per heavy atom. The quantitative estimate of drug-likeness (QED) is 0.749. The van der Waals surface area contributed by atoms with Gasteiger partial charge in [0.25, 0.3) is 5.91 Å². The second kappa shape index (κ2) is 6.16. The van der Waals surface area contributed by atoms with Crippen molar-refractivity contribution in [3.05, 3.63) is 64.7 Å². The van der Waals surface area contributed by atoms with E-state index in [1.807, 2.05) is 55.5 Å². The van der Waals surface area contributed by atoms with Crippen LogP contribution in [0.4, 0.5) is 5.69 Å². The van der Waals surface area contributed by atoms with E-state index in [4.69, 9.17) is 11.6 Å². The van der Waals surface area contributed by atoms with E-state index in [-0.39, 0.29) is 23.8 Å². The molecule has 138 valence electrons. The molecule has 0 saturated carbocycles. The predicted octanol–water partition coefficient (Wildman–Crippen LogP) is 3.18. The lowest BCUT2D eigenvalue weighted by atomic mass is 9.90. The zero-order chi connectivity index (χ0) is 18.7. The Labute approximate surface area is 163 Å². The molecule has 2 aromatic carbocycles. The summed E-state index contributed by atoms with van der Waals surface area (Å²) < 4.78 is 0. The number of hydrazine groups is 1. The van der Waals surface area contributed by atoms with E-state index in [0.717, 1.165) is 30.6 Å². The number of aryl methyl sites for hydroxylation is 1. The number of carbonyl (C=O) groups is 2. The number of fused-ring (bicyclic) bond motifs is 3. The van der Waals surface area contributed by atoms with Crippen LogP contribution in [0.15, 0.2) is 48.5 Å². The molecule has 3 saturated heterocycles. The summed E-state index contributed by atoms with van der Waals surface area (Å²) in [6, 6.07) is 14.7. The fraction of sp³-hybridized carbons (Fsp3) is 0.333. The molecule has 3 fully saturated rings. The first-order valence-electron chi connectivity index (χ1n) is 9.29. The number of benzene rings is 2. The van der Waals surface area contributed by atoms with Gasteiger partial charge in [0, 0.05) is 18.1 Å². The first-order chi connectivity index (χ1) is 13.1. The van der Waals surface area contributed by atoms with Gasteiger partial charge in [-0.25, -0.2) is 14.9 Å². The normalized spacial score (nSPS) is 28.1. The zero-order valence-electron chi connectivity index (χ0n) is 15.0. The van der Waals surface area contributed by atoms with E-state index in [0.29, 0.717) is 10.7 Å². The van der Waals surface area contributed by atoms with Crippen LogP contribution in [-0.4, -0.2) is 41.0 Å². The van der Waals surface area contributed by atoms with E-state index in [1.165, 1.54) is 4.90 Å². The molecule has 0 N–H and O–H groups in total. The highest BCUT2D eigenvalue weighted by molar-refractivity contribution is 6.30. The van der Waals surface area contributed by atoms with Crippen LogP contribution in [0, 0.1) is 12.8 Å². The van der Waals surface area contributed by atoms with Gasteiger partial charge in [-0.1, -0.05) is 35.9 Å². The van der Waals surface area contributed by atoms with Crippen molar-refractivity contribution in [2.45, 2.75) is 25.4 Å². The summed E-state index contributed by atoms with van der Waals surface area (Å²) in [7, 11) is 0. The third-order valence-corrected chi connectivity index (χ3v) is 6.13. The highest BCUT2D eigenvalue weighted by Gasteiger charge is 2.62. The van der Waals surface area contributed by atoms with Crippen molar-refractivity contribution in [3.8, 4) is 0 Å². The summed E-state index contributed by atoms with van der Waals surface area (Å²) in [5.74, 6) is -0.608. The molecule has 6 heteroatoms. The Balaban J connectivity index is 1.59. The van der Waals surface area contributed by atoms with Crippen LogP contribution in [0.5, 0.6) is 0 Å².